The largest absolute Gasteiger partial charge is 0.379 e. The molecule has 1 aromatic rings. The molecule has 2 aliphatic rings. The molecule has 8 heteroatoms. The number of benzene rings is 1. The van der Waals surface area contributed by atoms with Crippen molar-refractivity contribution in [2.75, 3.05) is 53.0 Å². The van der Waals surface area contributed by atoms with Crippen LogP contribution in [0, 0.1) is 12.8 Å². The third-order valence-electron chi connectivity index (χ3n) is 5.92. The number of nitrogens with one attached hydrogen (secondary N) is 1. The molecule has 0 spiro atoms. The monoisotopic (exact) mass is 529 g/mol. The number of ether oxygens (including phenoxy) is 1. The van der Waals surface area contributed by atoms with Gasteiger partial charge >= 0.3 is 0 Å². The number of amides is 1. The van der Waals surface area contributed by atoms with Crippen molar-refractivity contribution in [2.45, 2.75) is 32.2 Å². The van der Waals surface area contributed by atoms with E-state index >= 15 is 0 Å². The van der Waals surface area contributed by atoms with E-state index in [-0.39, 0.29) is 35.9 Å². The first-order chi connectivity index (χ1) is 14.1. The lowest BCUT2D eigenvalue weighted by Crippen LogP contribution is -2.50. The molecule has 1 amide bonds. The van der Waals surface area contributed by atoms with E-state index in [9.17, 15) is 4.79 Å². The highest BCUT2D eigenvalue weighted by molar-refractivity contribution is 14.0. The molecule has 3 rings (SSSR count). The van der Waals surface area contributed by atoms with Crippen LogP contribution in [0.5, 0.6) is 0 Å². The van der Waals surface area contributed by atoms with Crippen LogP contribution in [0.25, 0.3) is 0 Å². The minimum absolute atomic E-state index is 0. The van der Waals surface area contributed by atoms with Crippen molar-refractivity contribution >= 4 is 35.8 Å². The van der Waals surface area contributed by atoms with Crippen LogP contribution in [0.2, 0.25) is 0 Å². The molecule has 30 heavy (non-hydrogen) atoms. The van der Waals surface area contributed by atoms with Crippen LogP contribution in [-0.4, -0.2) is 74.7 Å². The lowest BCUT2D eigenvalue weighted by atomic mass is 9.95. The molecule has 1 aromatic carbocycles. The van der Waals surface area contributed by atoms with Gasteiger partial charge in [0.15, 0.2) is 5.96 Å². The Kier molecular flexibility index (Phi) is 10.3. The summed E-state index contributed by atoms with van der Waals surface area (Å²) in [5.74, 6) is 1.00. The number of carbonyl (C=O) groups is 1. The van der Waals surface area contributed by atoms with E-state index in [1.165, 1.54) is 11.1 Å². The van der Waals surface area contributed by atoms with Crippen molar-refractivity contribution in [3.8, 4) is 0 Å². The fourth-order valence-electron chi connectivity index (χ4n) is 4.36. The van der Waals surface area contributed by atoms with E-state index in [1.54, 1.807) is 0 Å². The van der Waals surface area contributed by atoms with Crippen LogP contribution < -0.4 is 11.1 Å². The summed E-state index contributed by atoms with van der Waals surface area (Å²) in [5, 5.41) is 3.60. The quantitative estimate of drug-likeness (QED) is 0.335. The minimum Gasteiger partial charge on any atom is -0.379 e. The van der Waals surface area contributed by atoms with E-state index in [2.05, 4.69) is 51.3 Å². The van der Waals surface area contributed by atoms with E-state index in [0.717, 1.165) is 64.7 Å². The summed E-state index contributed by atoms with van der Waals surface area (Å²) < 4.78 is 5.56. The number of halogens is 1. The molecular weight excluding hydrogens is 493 g/mol. The number of hydrogen-bond acceptors (Lipinski definition) is 4. The average molecular weight is 529 g/mol. The predicted molar refractivity (Wildman–Crippen MR) is 131 cm³/mol. The van der Waals surface area contributed by atoms with E-state index in [4.69, 9.17) is 10.5 Å². The zero-order valence-electron chi connectivity index (χ0n) is 18.2. The van der Waals surface area contributed by atoms with Crippen molar-refractivity contribution in [2.24, 2.45) is 16.6 Å². The normalized spacial score (nSPS) is 21.6. The van der Waals surface area contributed by atoms with Gasteiger partial charge in [0, 0.05) is 46.2 Å². The zero-order valence-corrected chi connectivity index (χ0v) is 20.5. The Morgan fingerprint density at radius 1 is 1.27 bits per heavy atom. The maximum absolute atomic E-state index is 11.3. The SMILES string of the molecule is CN=C(NCC(c1ccc(C)cc1)N1CCOCC1)N1CCCC(CC(N)=O)C1.I. The Morgan fingerprint density at radius 2 is 1.97 bits per heavy atom. The van der Waals surface area contributed by atoms with E-state index in [0.29, 0.717) is 12.3 Å². The molecule has 2 fully saturated rings. The number of rotatable bonds is 6. The van der Waals surface area contributed by atoms with Crippen molar-refractivity contribution in [1.82, 2.24) is 15.1 Å². The summed E-state index contributed by atoms with van der Waals surface area (Å²) in [5.41, 5.74) is 8.00. The van der Waals surface area contributed by atoms with Gasteiger partial charge in [0.1, 0.15) is 0 Å². The fourth-order valence-corrected chi connectivity index (χ4v) is 4.36. The second-order valence-corrected chi connectivity index (χ2v) is 8.13. The fraction of sp³-hybridized carbons (Fsp3) is 0.636. The standard InChI is InChI=1S/C22H35N5O2.HI/c1-17-5-7-19(8-6-17)20(26-10-12-29-13-11-26)15-25-22(24-2)27-9-3-4-18(16-27)14-21(23)28;/h5-8,18,20H,3-4,9-16H2,1-2H3,(H2,23,28)(H,24,25);1H. The number of morpholine rings is 1. The second-order valence-electron chi connectivity index (χ2n) is 8.13. The Balaban J connectivity index is 0.00000320. The molecule has 2 atom stereocenters. The topological polar surface area (TPSA) is 83.2 Å². The lowest BCUT2D eigenvalue weighted by molar-refractivity contribution is -0.119. The second kappa shape index (κ2) is 12.5. The number of aliphatic imine (C=N–C) groups is 1. The number of nitrogens with two attached hydrogens (primary N) is 1. The number of nitrogens with zero attached hydrogens (tertiary/aromatic N) is 3. The summed E-state index contributed by atoms with van der Waals surface area (Å²) >= 11 is 0. The summed E-state index contributed by atoms with van der Waals surface area (Å²) in [7, 11) is 1.83. The van der Waals surface area contributed by atoms with Gasteiger partial charge in [-0.25, -0.2) is 0 Å². The van der Waals surface area contributed by atoms with Crippen LogP contribution in [-0.2, 0) is 9.53 Å². The van der Waals surface area contributed by atoms with Crippen molar-refractivity contribution in [3.63, 3.8) is 0 Å². The number of piperidine rings is 1. The minimum atomic E-state index is -0.216. The number of carbonyl (C=O) groups excluding carboxylic acids is 1. The molecule has 2 unspecified atom stereocenters. The van der Waals surface area contributed by atoms with Gasteiger partial charge in [-0.3, -0.25) is 14.7 Å². The van der Waals surface area contributed by atoms with E-state index in [1.807, 2.05) is 7.05 Å². The molecule has 7 nitrogen and oxygen atoms in total. The van der Waals surface area contributed by atoms with Crippen LogP contribution >= 0.6 is 24.0 Å². The van der Waals surface area contributed by atoms with Crippen molar-refractivity contribution in [3.05, 3.63) is 35.4 Å². The summed E-state index contributed by atoms with van der Waals surface area (Å²) in [6.07, 6.45) is 2.56. The Labute approximate surface area is 197 Å². The lowest BCUT2D eigenvalue weighted by Gasteiger charge is -2.38. The molecule has 3 N–H and O–H groups in total. The molecule has 2 aliphatic heterocycles. The molecule has 0 aromatic heterocycles. The molecule has 0 radical (unpaired) electrons. The maximum Gasteiger partial charge on any atom is 0.217 e. The van der Waals surface area contributed by atoms with Crippen molar-refractivity contribution < 1.29 is 9.53 Å². The van der Waals surface area contributed by atoms with E-state index < -0.39 is 0 Å². The Bertz CT molecular complexity index is 691. The maximum atomic E-state index is 11.3. The predicted octanol–water partition coefficient (Wildman–Crippen LogP) is 2.15. The summed E-state index contributed by atoms with van der Waals surface area (Å²) in [6.45, 7) is 8.11. The number of aryl methyl sites for hydroxylation is 1. The third kappa shape index (κ3) is 7.09. The third-order valence-corrected chi connectivity index (χ3v) is 5.92. The molecule has 0 saturated carbocycles. The molecular formula is C22H36IN5O2. The highest BCUT2D eigenvalue weighted by atomic mass is 127. The number of likely N-dealkylation sites (tertiary alicyclic amines) is 1. The average Bonchev–Trinajstić information content (AvgIpc) is 2.73. The molecule has 0 bridgehead atoms. The molecule has 2 heterocycles. The highest BCUT2D eigenvalue weighted by Gasteiger charge is 2.26. The molecule has 2 saturated heterocycles. The van der Waals surface area contributed by atoms with Gasteiger partial charge in [-0.15, -0.1) is 24.0 Å². The highest BCUT2D eigenvalue weighted by Crippen LogP contribution is 2.23. The molecule has 0 aliphatic carbocycles. The number of guanidine groups is 1. The van der Waals surface area contributed by atoms with Crippen LogP contribution in [0.3, 0.4) is 0 Å². The van der Waals surface area contributed by atoms with Gasteiger partial charge < -0.3 is 20.7 Å². The summed E-state index contributed by atoms with van der Waals surface area (Å²) in [6, 6.07) is 9.07. The van der Waals surface area contributed by atoms with Gasteiger partial charge in [0.25, 0.3) is 0 Å². The van der Waals surface area contributed by atoms with Gasteiger partial charge in [0.05, 0.1) is 19.3 Å². The Hall–Kier alpha value is -1.39. The number of hydrogen-bond donors (Lipinski definition) is 2. The first-order valence-electron chi connectivity index (χ1n) is 10.7. The van der Waals surface area contributed by atoms with Crippen LogP contribution in [0.4, 0.5) is 0 Å². The summed E-state index contributed by atoms with van der Waals surface area (Å²) in [4.78, 5) is 20.6. The van der Waals surface area contributed by atoms with Crippen molar-refractivity contribution in [1.29, 1.82) is 0 Å². The first kappa shape index (κ1) is 24.9. The smallest absolute Gasteiger partial charge is 0.217 e. The van der Waals surface area contributed by atoms with Gasteiger partial charge in [-0.05, 0) is 31.2 Å². The Morgan fingerprint density at radius 3 is 2.60 bits per heavy atom. The first-order valence-corrected chi connectivity index (χ1v) is 10.7. The zero-order chi connectivity index (χ0) is 20.6. The van der Waals surface area contributed by atoms with Gasteiger partial charge in [0.2, 0.25) is 5.91 Å². The number of primary amides is 1. The van der Waals surface area contributed by atoms with Gasteiger partial charge in [-0.2, -0.15) is 0 Å². The van der Waals surface area contributed by atoms with Crippen LogP contribution in [0.1, 0.15) is 36.4 Å². The molecule has 168 valence electrons. The van der Waals surface area contributed by atoms with Crippen LogP contribution in [0.15, 0.2) is 29.3 Å². The van der Waals surface area contributed by atoms with Gasteiger partial charge in [-0.1, -0.05) is 29.8 Å².